The molecule has 94 valence electrons. The molecule has 0 bridgehead atoms. The minimum atomic E-state index is -0.156. The standard InChI is InChI=1S/C11H7N5OS2/c17-9(13-8-1-2-12-15-8)7-5-6-10(19-7)14-11-16(6)3-4-18-11/h1-5H,(H2,12,13,15,17). The van der Waals surface area contributed by atoms with Gasteiger partial charge in [0.05, 0.1) is 16.6 Å². The summed E-state index contributed by atoms with van der Waals surface area (Å²) in [5.41, 5.74) is 0.969. The molecule has 4 aromatic rings. The Bertz CT molecular complexity index is 870. The summed E-state index contributed by atoms with van der Waals surface area (Å²) in [7, 11) is 0. The van der Waals surface area contributed by atoms with Crippen molar-refractivity contribution in [1.82, 2.24) is 19.6 Å². The predicted molar refractivity (Wildman–Crippen MR) is 75.0 cm³/mol. The molecule has 0 radical (unpaired) electrons. The van der Waals surface area contributed by atoms with Gasteiger partial charge in [0, 0.05) is 17.6 Å². The van der Waals surface area contributed by atoms with E-state index in [9.17, 15) is 4.79 Å². The van der Waals surface area contributed by atoms with Gasteiger partial charge in [-0.05, 0) is 6.07 Å². The first-order valence-corrected chi connectivity index (χ1v) is 7.17. The van der Waals surface area contributed by atoms with E-state index in [1.807, 2.05) is 22.0 Å². The van der Waals surface area contributed by atoms with Crippen molar-refractivity contribution in [2.24, 2.45) is 0 Å². The molecule has 0 aromatic carbocycles. The first kappa shape index (κ1) is 10.7. The molecule has 6 nitrogen and oxygen atoms in total. The number of hydrogen-bond acceptors (Lipinski definition) is 5. The second-order valence-electron chi connectivity index (χ2n) is 3.89. The first-order valence-electron chi connectivity index (χ1n) is 5.47. The molecule has 1 amide bonds. The van der Waals surface area contributed by atoms with Crippen LogP contribution in [0.15, 0.2) is 29.9 Å². The summed E-state index contributed by atoms with van der Waals surface area (Å²) in [5.74, 6) is 0.426. The molecule has 4 rings (SSSR count). The van der Waals surface area contributed by atoms with Gasteiger partial charge in [0.2, 0.25) is 0 Å². The number of amides is 1. The van der Waals surface area contributed by atoms with Gasteiger partial charge in [-0.3, -0.25) is 14.3 Å². The van der Waals surface area contributed by atoms with Crippen molar-refractivity contribution >= 4 is 49.7 Å². The number of nitrogens with zero attached hydrogens (tertiary/aromatic N) is 3. The van der Waals surface area contributed by atoms with E-state index in [-0.39, 0.29) is 5.91 Å². The minimum absolute atomic E-state index is 0.156. The number of thiophene rings is 1. The monoisotopic (exact) mass is 289 g/mol. The van der Waals surface area contributed by atoms with Gasteiger partial charge in [-0.2, -0.15) is 5.10 Å². The van der Waals surface area contributed by atoms with E-state index >= 15 is 0 Å². The van der Waals surface area contributed by atoms with Gasteiger partial charge in [-0.25, -0.2) is 4.98 Å². The number of nitrogens with one attached hydrogen (secondary N) is 2. The molecule has 0 atom stereocenters. The Morgan fingerprint density at radius 1 is 1.47 bits per heavy atom. The van der Waals surface area contributed by atoms with Crippen LogP contribution in [0.4, 0.5) is 5.82 Å². The van der Waals surface area contributed by atoms with Crippen LogP contribution < -0.4 is 5.32 Å². The van der Waals surface area contributed by atoms with Crippen LogP contribution in [0.3, 0.4) is 0 Å². The van der Waals surface area contributed by atoms with Gasteiger partial charge in [0.1, 0.15) is 10.6 Å². The Morgan fingerprint density at radius 2 is 2.42 bits per heavy atom. The fourth-order valence-electron chi connectivity index (χ4n) is 1.87. The molecule has 8 heteroatoms. The maximum atomic E-state index is 12.1. The molecule has 19 heavy (non-hydrogen) atoms. The van der Waals surface area contributed by atoms with Crippen molar-refractivity contribution in [2.45, 2.75) is 0 Å². The SMILES string of the molecule is O=C(Nc1ccn[nH]1)c1cc2c(nc3sccn32)s1. The quantitative estimate of drug-likeness (QED) is 0.595. The van der Waals surface area contributed by atoms with Gasteiger partial charge < -0.3 is 5.32 Å². The molecule has 0 fully saturated rings. The Balaban J connectivity index is 1.74. The maximum absolute atomic E-state index is 12.1. The largest absolute Gasteiger partial charge is 0.306 e. The molecule has 0 spiro atoms. The minimum Gasteiger partial charge on any atom is -0.306 e. The van der Waals surface area contributed by atoms with Crippen LogP contribution in [-0.2, 0) is 0 Å². The van der Waals surface area contributed by atoms with E-state index in [0.717, 1.165) is 15.3 Å². The highest BCUT2D eigenvalue weighted by molar-refractivity contribution is 7.21. The maximum Gasteiger partial charge on any atom is 0.267 e. The average Bonchev–Trinajstić information content (AvgIpc) is 3.08. The second kappa shape index (κ2) is 3.90. The lowest BCUT2D eigenvalue weighted by Crippen LogP contribution is -2.10. The second-order valence-corrected chi connectivity index (χ2v) is 5.80. The third-order valence-electron chi connectivity index (χ3n) is 2.71. The molecule has 4 aromatic heterocycles. The number of fused-ring (bicyclic) bond motifs is 3. The van der Waals surface area contributed by atoms with Gasteiger partial charge in [-0.15, -0.1) is 22.7 Å². The van der Waals surface area contributed by atoms with E-state index in [4.69, 9.17) is 0 Å². The van der Waals surface area contributed by atoms with Crippen molar-refractivity contribution in [3.63, 3.8) is 0 Å². The molecule has 0 saturated carbocycles. The first-order chi connectivity index (χ1) is 9.31. The van der Waals surface area contributed by atoms with E-state index in [2.05, 4.69) is 20.5 Å². The molecule has 0 aliphatic carbocycles. The Morgan fingerprint density at radius 3 is 3.26 bits per heavy atom. The number of carbonyl (C=O) groups excluding carboxylic acids is 1. The molecule has 2 N–H and O–H groups in total. The van der Waals surface area contributed by atoms with Crippen molar-refractivity contribution in [3.8, 4) is 0 Å². The van der Waals surface area contributed by atoms with Crippen LogP contribution in [0.1, 0.15) is 9.67 Å². The number of aromatic nitrogens is 4. The topological polar surface area (TPSA) is 75.1 Å². The summed E-state index contributed by atoms with van der Waals surface area (Å²) < 4.78 is 1.99. The Kier molecular flexibility index (Phi) is 2.20. The van der Waals surface area contributed by atoms with Gasteiger partial charge in [0.15, 0.2) is 4.96 Å². The lowest BCUT2D eigenvalue weighted by Gasteiger charge is -1.98. The highest BCUT2D eigenvalue weighted by Crippen LogP contribution is 2.28. The summed E-state index contributed by atoms with van der Waals surface area (Å²) in [4.78, 5) is 19.0. The van der Waals surface area contributed by atoms with Crippen LogP contribution in [0.2, 0.25) is 0 Å². The lowest BCUT2D eigenvalue weighted by atomic mass is 10.4. The summed E-state index contributed by atoms with van der Waals surface area (Å²) in [6.07, 6.45) is 3.55. The van der Waals surface area contributed by atoms with Crippen molar-refractivity contribution < 1.29 is 4.79 Å². The third kappa shape index (κ3) is 1.65. The highest BCUT2D eigenvalue weighted by Gasteiger charge is 2.15. The Hall–Kier alpha value is -2.19. The zero-order valence-electron chi connectivity index (χ0n) is 9.45. The lowest BCUT2D eigenvalue weighted by molar-refractivity contribution is 0.103. The normalized spacial score (nSPS) is 11.4. The molecular formula is C11H7N5OS2. The molecule has 4 heterocycles. The van der Waals surface area contributed by atoms with E-state index < -0.39 is 0 Å². The van der Waals surface area contributed by atoms with Crippen molar-refractivity contribution in [1.29, 1.82) is 0 Å². The predicted octanol–water partition coefficient (Wildman–Crippen LogP) is 2.59. The summed E-state index contributed by atoms with van der Waals surface area (Å²) in [6, 6.07) is 3.56. The third-order valence-corrected chi connectivity index (χ3v) is 4.49. The average molecular weight is 289 g/mol. The molecule has 0 aliphatic heterocycles. The molecule has 0 aliphatic rings. The fourth-order valence-corrected chi connectivity index (χ4v) is 3.56. The number of aromatic amines is 1. The number of carbonyl (C=O) groups is 1. The summed E-state index contributed by atoms with van der Waals surface area (Å²) in [5, 5.41) is 11.2. The molecule has 0 saturated heterocycles. The van der Waals surface area contributed by atoms with Gasteiger partial charge in [-0.1, -0.05) is 0 Å². The fraction of sp³-hybridized carbons (Fsp3) is 0. The van der Waals surface area contributed by atoms with Crippen LogP contribution in [0.5, 0.6) is 0 Å². The van der Waals surface area contributed by atoms with Crippen molar-refractivity contribution in [3.05, 3.63) is 34.8 Å². The number of imidazole rings is 1. The zero-order valence-corrected chi connectivity index (χ0v) is 11.1. The number of hydrogen-bond donors (Lipinski definition) is 2. The Labute approximate surface area is 114 Å². The van der Waals surface area contributed by atoms with Gasteiger partial charge >= 0.3 is 0 Å². The smallest absolute Gasteiger partial charge is 0.267 e. The van der Waals surface area contributed by atoms with Crippen LogP contribution in [0, 0.1) is 0 Å². The zero-order chi connectivity index (χ0) is 12.8. The van der Waals surface area contributed by atoms with E-state index in [0.29, 0.717) is 10.7 Å². The van der Waals surface area contributed by atoms with Crippen LogP contribution in [0.25, 0.3) is 15.3 Å². The number of anilines is 1. The van der Waals surface area contributed by atoms with Crippen LogP contribution >= 0.6 is 22.7 Å². The van der Waals surface area contributed by atoms with Crippen LogP contribution in [-0.4, -0.2) is 25.5 Å². The molecule has 0 unspecified atom stereocenters. The summed E-state index contributed by atoms with van der Waals surface area (Å²) >= 11 is 2.97. The van der Waals surface area contributed by atoms with E-state index in [1.54, 1.807) is 23.6 Å². The number of H-pyrrole nitrogens is 1. The van der Waals surface area contributed by atoms with Gasteiger partial charge in [0.25, 0.3) is 5.91 Å². The van der Waals surface area contributed by atoms with E-state index in [1.165, 1.54) is 11.3 Å². The number of rotatable bonds is 2. The highest BCUT2D eigenvalue weighted by atomic mass is 32.1. The summed E-state index contributed by atoms with van der Waals surface area (Å²) in [6.45, 7) is 0. The van der Waals surface area contributed by atoms with Crippen molar-refractivity contribution in [2.75, 3.05) is 5.32 Å². The molecular weight excluding hydrogens is 282 g/mol. The number of thiazole rings is 1.